The highest BCUT2D eigenvalue weighted by Crippen LogP contribution is 2.23. The van der Waals surface area contributed by atoms with Crippen LogP contribution in [0.5, 0.6) is 0 Å². The fourth-order valence-electron chi connectivity index (χ4n) is 0.681. The van der Waals surface area contributed by atoms with Crippen molar-refractivity contribution in [2.24, 2.45) is 0 Å². The molecule has 0 aliphatic carbocycles. The third kappa shape index (κ3) is 2.40. The summed E-state index contributed by atoms with van der Waals surface area (Å²) in [4.78, 5) is 3.95. The molecule has 1 aromatic rings. The van der Waals surface area contributed by atoms with Gasteiger partial charge in [-0.2, -0.15) is 0 Å². The maximum Gasteiger partial charge on any atom is 0.159 e. The van der Waals surface area contributed by atoms with Gasteiger partial charge in [0.1, 0.15) is 6.10 Å². The van der Waals surface area contributed by atoms with E-state index in [1.54, 1.807) is 5.38 Å². The van der Waals surface area contributed by atoms with Gasteiger partial charge < -0.3 is 10.2 Å². The van der Waals surface area contributed by atoms with Crippen molar-refractivity contribution in [2.75, 3.05) is 5.88 Å². The van der Waals surface area contributed by atoms with Crippen LogP contribution in [0, 0.1) is 0 Å². The summed E-state index contributed by atoms with van der Waals surface area (Å²) in [6.07, 6.45) is -1.95. The number of halogens is 2. The first-order valence-corrected chi connectivity index (χ1v) is 5.39. The Morgan fingerprint density at radius 3 is 2.75 bits per heavy atom. The molecule has 6 heteroatoms. The van der Waals surface area contributed by atoms with Gasteiger partial charge >= 0.3 is 0 Å². The molecule has 0 aliphatic rings. The number of thiazole rings is 1. The molecule has 0 radical (unpaired) electrons. The van der Waals surface area contributed by atoms with Crippen molar-refractivity contribution >= 4 is 38.9 Å². The van der Waals surface area contributed by atoms with E-state index in [0.29, 0.717) is 9.61 Å². The maximum atomic E-state index is 9.39. The number of aromatic nitrogens is 1. The van der Waals surface area contributed by atoms with E-state index in [-0.39, 0.29) is 5.88 Å². The molecule has 2 atom stereocenters. The second-order valence-electron chi connectivity index (χ2n) is 2.19. The summed E-state index contributed by atoms with van der Waals surface area (Å²) in [5.41, 5.74) is 0.444. The zero-order valence-electron chi connectivity index (χ0n) is 5.94. The molecule has 68 valence electrons. The Kier molecular flexibility index (Phi) is 3.92. The minimum atomic E-state index is -0.995. The summed E-state index contributed by atoms with van der Waals surface area (Å²) in [7, 11) is 0. The Morgan fingerprint density at radius 2 is 2.33 bits per heavy atom. The van der Waals surface area contributed by atoms with Gasteiger partial charge in [-0.05, 0) is 15.9 Å². The van der Waals surface area contributed by atoms with Crippen LogP contribution in [-0.4, -0.2) is 27.2 Å². The summed E-state index contributed by atoms with van der Waals surface area (Å²) in [5.74, 6) is -0.00366. The van der Waals surface area contributed by atoms with Gasteiger partial charge in [0, 0.05) is 5.38 Å². The normalized spacial score (nSPS) is 16.0. The third-order valence-corrected chi connectivity index (χ3v) is 3.02. The van der Waals surface area contributed by atoms with E-state index >= 15 is 0 Å². The van der Waals surface area contributed by atoms with E-state index in [9.17, 15) is 5.11 Å². The summed E-state index contributed by atoms with van der Waals surface area (Å²) in [5, 5.41) is 20.2. The lowest BCUT2D eigenvalue weighted by atomic mass is 10.2. The topological polar surface area (TPSA) is 53.4 Å². The molecule has 0 saturated heterocycles. The Labute approximate surface area is 87.1 Å². The quantitative estimate of drug-likeness (QED) is 0.821. The predicted octanol–water partition coefficient (Wildman–Crippen LogP) is 1.54. The first kappa shape index (κ1) is 10.4. The maximum absolute atomic E-state index is 9.39. The van der Waals surface area contributed by atoms with Gasteiger partial charge in [-0.3, -0.25) is 0 Å². The van der Waals surface area contributed by atoms with Crippen LogP contribution in [0.3, 0.4) is 0 Å². The molecule has 1 aromatic heterocycles. The van der Waals surface area contributed by atoms with Crippen LogP contribution >= 0.6 is 38.9 Å². The second kappa shape index (κ2) is 4.53. The highest BCUT2D eigenvalue weighted by atomic mass is 79.9. The number of rotatable bonds is 3. The standard InChI is InChI=1S/C6H7BrClNO2S/c7-6-9-3(2-12-6)5(11)4(10)1-8/h2,4-5,10-11H,1H2. The largest absolute Gasteiger partial charge is 0.389 e. The molecule has 0 spiro atoms. The lowest BCUT2D eigenvalue weighted by molar-refractivity contribution is 0.0303. The molecular weight excluding hydrogens is 265 g/mol. The Hall–Kier alpha value is 0.320. The van der Waals surface area contributed by atoms with E-state index in [1.807, 2.05) is 0 Å². The molecule has 1 rings (SSSR count). The van der Waals surface area contributed by atoms with E-state index in [4.69, 9.17) is 16.7 Å². The van der Waals surface area contributed by atoms with Crippen molar-refractivity contribution in [3.05, 3.63) is 15.0 Å². The summed E-state index contributed by atoms with van der Waals surface area (Å²) < 4.78 is 0.679. The van der Waals surface area contributed by atoms with Crippen LogP contribution in [0.15, 0.2) is 9.30 Å². The van der Waals surface area contributed by atoms with Crippen LogP contribution in [0.4, 0.5) is 0 Å². The zero-order valence-corrected chi connectivity index (χ0v) is 9.10. The smallest absolute Gasteiger partial charge is 0.159 e. The van der Waals surface area contributed by atoms with Gasteiger partial charge in [0.05, 0.1) is 17.7 Å². The lowest BCUT2D eigenvalue weighted by Crippen LogP contribution is -2.19. The number of alkyl halides is 1. The summed E-state index contributed by atoms with van der Waals surface area (Å²) in [6.45, 7) is 0. The minimum absolute atomic E-state index is 0.00366. The van der Waals surface area contributed by atoms with Crippen LogP contribution in [0.25, 0.3) is 0 Å². The number of hydrogen-bond donors (Lipinski definition) is 2. The molecular formula is C6H7BrClNO2S. The lowest BCUT2D eigenvalue weighted by Gasteiger charge is -2.11. The van der Waals surface area contributed by atoms with Crippen molar-refractivity contribution in [2.45, 2.75) is 12.2 Å². The minimum Gasteiger partial charge on any atom is -0.389 e. The fraction of sp³-hybridized carbons (Fsp3) is 0.500. The highest BCUT2D eigenvalue weighted by Gasteiger charge is 2.19. The van der Waals surface area contributed by atoms with Gasteiger partial charge in [-0.1, -0.05) is 0 Å². The summed E-state index contributed by atoms with van der Waals surface area (Å²) in [6, 6.07) is 0. The van der Waals surface area contributed by atoms with E-state index in [0.717, 1.165) is 0 Å². The van der Waals surface area contributed by atoms with Gasteiger partial charge in [0.15, 0.2) is 3.92 Å². The van der Waals surface area contributed by atoms with Gasteiger partial charge in [0.25, 0.3) is 0 Å². The Morgan fingerprint density at radius 1 is 1.67 bits per heavy atom. The van der Waals surface area contributed by atoms with Crippen LogP contribution in [-0.2, 0) is 0 Å². The molecule has 3 nitrogen and oxygen atoms in total. The number of nitrogens with zero attached hydrogens (tertiary/aromatic N) is 1. The number of aliphatic hydroxyl groups excluding tert-OH is 2. The molecule has 12 heavy (non-hydrogen) atoms. The van der Waals surface area contributed by atoms with Crippen LogP contribution in [0.2, 0.25) is 0 Å². The first-order valence-electron chi connectivity index (χ1n) is 3.18. The zero-order chi connectivity index (χ0) is 9.14. The average Bonchev–Trinajstić information content (AvgIpc) is 2.49. The monoisotopic (exact) mass is 271 g/mol. The summed E-state index contributed by atoms with van der Waals surface area (Å²) >= 11 is 9.86. The van der Waals surface area contributed by atoms with Crippen LogP contribution in [0.1, 0.15) is 11.8 Å². The fourth-order valence-corrected chi connectivity index (χ4v) is 1.90. The van der Waals surface area contributed by atoms with Gasteiger partial charge in [-0.25, -0.2) is 4.98 Å². The molecule has 0 bridgehead atoms. The van der Waals surface area contributed by atoms with E-state index < -0.39 is 12.2 Å². The molecule has 0 amide bonds. The molecule has 0 aromatic carbocycles. The van der Waals surface area contributed by atoms with Crippen molar-refractivity contribution in [3.63, 3.8) is 0 Å². The first-order chi connectivity index (χ1) is 5.65. The second-order valence-corrected chi connectivity index (χ2v) is 4.63. The van der Waals surface area contributed by atoms with Gasteiger partial charge in [0.2, 0.25) is 0 Å². The number of aliphatic hydroxyl groups is 2. The van der Waals surface area contributed by atoms with Crippen molar-refractivity contribution in [1.82, 2.24) is 4.98 Å². The predicted molar refractivity (Wildman–Crippen MR) is 51.5 cm³/mol. The molecule has 1 heterocycles. The average molecular weight is 273 g/mol. The molecule has 2 N–H and O–H groups in total. The highest BCUT2D eigenvalue weighted by molar-refractivity contribution is 9.11. The third-order valence-electron chi connectivity index (χ3n) is 1.32. The van der Waals surface area contributed by atoms with Gasteiger partial charge in [-0.15, -0.1) is 22.9 Å². The molecule has 0 aliphatic heterocycles. The Balaban J connectivity index is 2.70. The molecule has 2 unspecified atom stereocenters. The molecule has 0 saturated carbocycles. The van der Waals surface area contributed by atoms with E-state index in [1.165, 1.54) is 11.3 Å². The molecule has 0 fully saturated rings. The number of hydrogen-bond acceptors (Lipinski definition) is 4. The Bertz CT molecular complexity index is 257. The van der Waals surface area contributed by atoms with Crippen molar-refractivity contribution in [1.29, 1.82) is 0 Å². The van der Waals surface area contributed by atoms with Crippen molar-refractivity contribution < 1.29 is 10.2 Å². The van der Waals surface area contributed by atoms with E-state index in [2.05, 4.69) is 20.9 Å². The SMILES string of the molecule is OC(CCl)C(O)c1csc(Br)n1. The van der Waals surface area contributed by atoms with Crippen LogP contribution < -0.4 is 0 Å². The van der Waals surface area contributed by atoms with Crippen molar-refractivity contribution in [3.8, 4) is 0 Å².